The van der Waals surface area contributed by atoms with E-state index >= 15 is 0 Å². The molecule has 1 atom stereocenters. The van der Waals surface area contributed by atoms with Crippen molar-refractivity contribution in [3.8, 4) is 22.6 Å². The van der Waals surface area contributed by atoms with E-state index in [-0.39, 0.29) is 11.9 Å². The van der Waals surface area contributed by atoms with Crippen molar-refractivity contribution in [1.29, 1.82) is 0 Å². The fraction of sp³-hybridized carbons (Fsp3) is 0.571. The van der Waals surface area contributed by atoms with Crippen LogP contribution < -0.4 is 9.47 Å². The van der Waals surface area contributed by atoms with E-state index in [0.717, 1.165) is 42.7 Å². The highest BCUT2D eigenvalue weighted by atomic mass is 19.1. The first kappa shape index (κ1) is 26.2. The molecule has 0 heterocycles. The van der Waals surface area contributed by atoms with Crippen molar-refractivity contribution in [3.05, 3.63) is 48.3 Å². The third kappa shape index (κ3) is 10.0. The molecule has 0 aliphatic carbocycles. The predicted molar refractivity (Wildman–Crippen MR) is 131 cm³/mol. The van der Waals surface area contributed by atoms with Gasteiger partial charge in [0.1, 0.15) is 12.4 Å². The quantitative estimate of drug-likeness (QED) is 0.230. The number of ether oxygens (including phenoxy) is 3. The van der Waals surface area contributed by atoms with Crippen LogP contribution in [0.25, 0.3) is 11.1 Å². The van der Waals surface area contributed by atoms with Crippen molar-refractivity contribution >= 4 is 0 Å². The van der Waals surface area contributed by atoms with E-state index in [4.69, 9.17) is 14.2 Å². The summed E-state index contributed by atoms with van der Waals surface area (Å²) in [6.45, 7) is 8.15. The van der Waals surface area contributed by atoms with Crippen LogP contribution in [0.5, 0.6) is 11.5 Å². The lowest BCUT2D eigenvalue weighted by molar-refractivity contribution is 0.0327. The van der Waals surface area contributed by atoms with Gasteiger partial charge in [-0.15, -0.1) is 0 Å². The van der Waals surface area contributed by atoms with E-state index in [1.165, 1.54) is 38.5 Å². The third-order valence-electron chi connectivity index (χ3n) is 5.47. The van der Waals surface area contributed by atoms with Gasteiger partial charge in [0.2, 0.25) is 0 Å². The van der Waals surface area contributed by atoms with Gasteiger partial charge < -0.3 is 14.2 Å². The minimum atomic E-state index is -0.315. The molecule has 0 saturated heterocycles. The Hall–Kier alpha value is -2.07. The predicted octanol–water partition coefficient (Wildman–Crippen LogP) is 8.21. The molecule has 4 heteroatoms. The Morgan fingerprint density at radius 3 is 2.03 bits per heavy atom. The van der Waals surface area contributed by atoms with Crippen molar-refractivity contribution in [3.63, 3.8) is 0 Å². The van der Waals surface area contributed by atoms with Gasteiger partial charge in [-0.2, -0.15) is 0 Å². The van der Waals surface area contributed by atoms with E-state index in [0.29, 0.717) is 19.0 Å². The monoisotopic (exact) mass is 444 g/mol. The van der Waals surface area contributed by atoms with Crippen molar-refractivity contribution in [2.24, 2.45) is 0 Å². The molecule has 0 radical (unpaired) electrons. The van der Waals surface area contributed by atoms with Gasteiger partial charge in [0.15, 0.2) is 11.6 Å². The van der Waals surface area contributed by atoms with Crippen LogP contribution >= 0.6 is 0 Å². The summed E-state index contributed by atoms with van der Waals surface area (Å²) in [5.41, 5.74) is 1.77. The average Bonchev–Trinajstić information content (AvgIpc) is 2.81. The molecule has 3 nitrogen and oxygen atoms in total. The van der Waals surface area contributed by atoms with Gasteiger partial charge in [-0.05, 0) is 55.2 Å². The molecule has 0 bridgehead atoms. The van der Waals surface area contributed by atoms with Gasteiger partial charge in [-0.25, -0.2) is 4.39 Å². The van der Waals surface area contributed by atoms with Crippen molar-refractivity contribution < 1.29 is 18.6 Å². The molecule has 0 saturated carbocycles. The van der Waals surface area contributed by atoms with Crippen LogP contribution in [0.4, 0.5) is 4.39 Å². The number of benzene rings is 2. The largest absolute Gasteiger partial charge is 0.491 e. The van der Waals surface area contributed by atoms with Crippen molar-refractivity contribution in [2.75, 3.05) is 19.8 Å². The Balaban J connectivity index is 1.74. The maximum Gasteiger partial charge on any atom is 0.165 e. The zero-order chi connectivity index (χ0) is 23.0. The molecule has 2 aromatic carbocycles. The number of halogens is 1. The highest BCUT2D eigenvalue weighted by Gasteiger charge is 2.08. The molecule has 2 rings (SSSR count). The van der Waals surface area contributed by atoms with Gasteiger partial charge >= 0.3 is 0 Å². The molecule has 0 spiro atoms. The Labute approximate surface area is 194 Å². The summed E-state index contributed by atoms with van der Waals surface area (Å²) in [5.74, 6) is 0.800. The number of unbranched alkanes of at least 4 members (excludes halogenated alkanes) is 7. The molecule has 0 fully saturated rings. The second kappa shape index (κ2) is 15.7. The van der Waals surface area contributed by atoms with E-state index in [1.54, 1.807) is 12.1 Å². The molecule has 178 valence electrons. The lowest BCUT2D eigenvalue weighted by Gasteiger charge is -2.14. The molecule has 0 amide bonds. The number of rotatable bonds is 17. The molecule has 2 aromatic rings. The fourth-order valence-corrected chi connectivity index (χ4v) is 3.54. The fourth-order valence-electron chi connectivity index (χ4n) is 3.54. The third-order valence-corrected chi connectivity index (χ3v) is 5.47. The van der Waals surface area contributed by atoms with Crippen LogP contribution in [-0.2, 0) is 4.74 Å². The van der Waals surface area contributed by atoms with Crippen LogP contribution in [-0.4, -0.2) is 25.9 Å². The molecule has 32 heavy (non-hydrogen) atoms. The molecular weight excluding hydrogens is 403 g/mol. The first-order valence-corrected chi connectivity index (χ1v) is 12.4. The van der Waals surface area contributed by atoms with Crippen molar-refractivity contribution in [2.45, 2.75) is 84.7 Å². The summed E-state index contributed by atoms with van der Waals surface area (Å²) in [6, 6.07) is 12.9. The standard InChI is InChI=1S/C28H41FO3/c1-4-6-7-8-9-10-11-12-20-31-28-18-15-25(21-27(28)29)24-13-16-26(17-14-24)32-22-23(3)30-19-5-2/h13-18,21,23H,4-12,19-20,22H2,1-3H3. The lowest BCUT2D eigenvalue weighted by Crippen LogP contribution is -2.18. The maximum absolute atomic E-state index is 14.5. The molecule has 0 aromatic heterocycles. The molecule has 1 unspecified atom stereocenters. The van der Waals surface area contributed by atoms with Gasteiger partial charge in [0, 0.05) is 6.61 Å². The Kier molecular flexibility index (Phi) is 12.8. The Bertz CT molecular complexity index is 745. The molecule has 0 aliphatic rings. The summed E-state index contributed by atoms with van der Waals surface area (Å²) in [4.78, 5) is 0. The zero-order valence-corrected chi connectivity index (χ0v) is 20.2. The smallest absolute Gasteiger partial charge is 0.165 e. The summed E-state index contributed by atoms with van der Waals surface area (Å²) < 4.78 is 31.6. The molecule has 0 N–H and O–H groups in total. The molecule has 0 aliphatic heterocycles. The van der Waals surface area contributed by atoms with E-state index in [9.17, 15) is 4.39 Å². The first-order valence-electron chi connectivity index (χ1n) is 12.4. The van der Waals surface area contributed by atoms with Gasteiger partial charge in [0.05, 0.1) is 12.7 Å². The second-order valence-electron chi connectivity index (χ2n) is 8.49. The normalized spacial score (nSPS) is 12.0. The van der Waals surface area contributed by atoms with Crippen LogP contribution in [0.3, 0.4) is 0 Å². The second-order valence-corrected chi connectivity index (χ2v) is 8.49. The van der Waals surface area contributed by atoms with Gasteiger partial charge in [-0.1, -0.05) is 77.0 Å². The minimum Gasteiger partial charge on any atom is -0.491 e. The van der Waals surface area contributed by atoms with Gasteiger partial charge in [0.25, 0.3) is 0 Å². The average molecular weight is 445 g/mol. The summed E-state index contributed by atoms with van der Waals surface area (Å²) in [7, 11) is 0. The van der Waals surface area contributed by atoms with E-state index < -0.39 is 0 Å². The Morgan fingerprint density at radius 1 is 0.719 bits per heavy atom. The lowest BCUT2D eigenvalue weighted by atomic mass is 10.1. The van der Waals surface area contributed by atoms with E-state index in [2.05, 4.69) is 13.8 Å². The van der Waals surface area contributed by atoms with Crippen LogP contribution in [0, 0.1) is 5.82 Å². The first-order chi connectivity index (χ1) is 15.6. The highest BCUT2D eigenvalue weighted by molar-refractivity contribution is 5.65. The zero-order valence-electron chi connectivity index (χ0n) is 20.2. The maximum atomic E-state index is 14.5. The van der Waals surface area contributed by atoms with E-state index in [1.807, 2.05) is 37.3 Å². The summed E-state index contributed by atoms with van der Waals surface area (Å²) in [6.07, 6.45) is 11.0. The van der Waals surface area contributed by atoms with Crippen LogP contribution in [0.15, 0.2) is 42.5 Å². The van der Waals surface area contributed by atoms with Gasteiger partial charge in [-0.3, -0.25) is 0 Å². The van der Waals surface area contributed by atoms with Crippen LogP contribution in [0.1, 0.15) is 78.6 Å². The summed E-state index contributed by atoms with van der Waals surface area (Å²) >= 11 is 0. The molecular formula is C28H41FO3. The number of hydrogen-bond donors (Lipinski definition) is 0. The SMILES string of the molecule is CCCCCCCCCCOc1ccc(-c2ccc(OCC(C)OCCC)cc2)cc1F. The van der Waals surface area contributed by atoms with Crippen LogP contribution in [0.2, 0.25) is 0 Å². The van der Waals surface area contributed by atoms with Crippen molar-refractivity contribution in [1.82, 2.24) is 0 Å². The highest BCUT2D eigenvalue weighted by Crippen LogP contribution is 2.27. The summed E-state index contributed by atoms with van der Waals surface area (Å²) in [5, 5.41) is 0. The minimum absolute atomic E-state index is 0.0575. The number of hydrogen-bond acceptors (Lipinski definition) is 3. The topological polar surface area (TPSA) is 27.7 Å². The Morgan fingerprint density at radius 2 is 1.38 bits per heavy atom.